The fraction of sp³-hybridized carbons (Fsp3) is 0.550. The van der Waals surface area contributed by atoms with Gasteiger partial charge in [-0.3, -0.25) is 4.79 Å². The summed E-state index contributed by atoms with van der Waals surface area (Å²) in [5.41, 5.74) is -0.145. The second kappa shape index (κ2) is 5.39. The Morgan fingerprint density at radius 1 is 1.04 bits per heavy atom. The van der Waals surface area contributed by atoms with E-state index in [0.29, 0.717) is 44.5 Å². The van der Waals surface area contributed by atoms with Crippen LogP contribution in [-0.4, -0.2) is 24.8 Å². The lowest BCUT2D eigenvalue weighted by Crippen LogP contribution is -2.37. The number of nitriles is 2. The third-order valence-electron chi connectivity index (χ3n) is 6.36. The predicted molar refractivity (Wildman–Crippen MR) is 88.2 cm³/mol. The molecule has 0 radical (unpaired) electrons. The van der Waals surface area contributed by atoms with Crippen molar-refractivity contribution in [2.24, 2.45) is 16.7 Å². The zero-order valence-corrected chi connectivity index (χ0v) is 14.2. The van der Waals surface area contributed by atoms with E-state index >= 15 is 0 Å². The molecule has 5 nitrogen and oxygen atoms in total. The zero-order chi connectivity index (χ0) is 17.7. The van der Waals surface area contributed by atoms with Crippen molar-refractivity contribution >= 4 is 5.78 Å². The minimum Gasteiger partial charge on any atom is -0.348 e. The van der Waals surface area contributed by atoms with Crippen molar-refractivity contribution in [3.63, 3.8) is 0 Å². The number of benzene rings is 1. The molecule has 3 fully saturated rings. The largest absolute Gasteiger partial charge is 0.348 e. The lowest BCUT2D eigenvalue weighted by molar-refractivity contribution is -0.186. The minimum atomic E-state index is -1.23. The summed E-state index contributed by atoms with van der Waals surface area (Å²) in [4.78, 5) is 13.1. The first kappa shape index (κ1) is 16.3. The van der Waals surface area contributed by atoms with Gasteiger partial charge in [0.1, 0.15) is 0 Å². The molecule has 2 spiro atoms. The fourth-order valence-electron chi connectivity index (χ4n) is 4.85. The maximum atomic E-state index is 13.1. The van der Waals surface area contributed by atoms with Crippen molar-refractivity contribution in [3.8, 4) is 12.1 Å². The van der Waals surface area contributed by atoms with Crippen LogP contribution >= 0.6 is 0 Å². The number of rotatable bonds is 2. The molecule has 3 aliphatic rings. The maximum Gasteiger partial charge on any atom is 0.169 e. The van der Waals surface area contributed by atoms with Gasteiger partial charge in [-0.25, -0.2) is 0 Å². The molecule has 2 saturated carbocycles. The standard InChI is InChI=1S/C20H20N2O3/c1-14-2-4-15(5-3-14)16(23)17-18(19(17,12-21)13-22)6-8-20(9-7-18)24-10-11-25-20/h2-5,17H,6-11H2,1H3/t17-/m1/s1. The van der Waals surface area contributed by atoms with Gasteiger partial charge in [-0.15, -0.1) is 0 Å². The summed E-state index contributed by atoms with van der Waals surface area (Å²) in [7, 11) is 0. The molecule has 1 saturated heterocycles. The summed E-state index contributed by atoms with van der Waals surface area (Å²) in [6, 6.07) is 11.7. The van der Waals surface area contributed by atoms with Crippen LogP contribution in [-0.2, 0) is 9.47 Å². The van der Waals surface area contributed by atoms with Crippen molar-refractivity contribution in [2.75, 3.05) is 13.2 Å². The van der Waals surface area contributed by atoms with Gasteiger partial charge in [0.05, 0.1) is 31.3 Å². The molecule has 0 unspecified atom stereocenters. The first-order chi connectivity index (χ1) is 12.0. The van der Waals surface area contributed by atoms with Gasteiger partial charge >= 0.3 is 0 Å². The normalized spacial score (nSPS) is 31.4. The molecule has 0 aromatic heterocycles. The molecule has 4 rings (SSSR count). The molecule has 0 amide bonds. The van der Waals surface area contributed by atoms with Gasteiger partial charge in [-0.05, 0) is 19.8 Å². The van der Waals surface area contributed by atoms with E-state index in [0.717, 1.165) is 5.56 Å². The molecule has 5 heteroatoms. The van der Waals surface area contributed by atoms with E-state index in [1.54, 1.807) is 12.1 Å². The Balaban J connectivity index is 1.63. The Hall–Kier alpha value is -2.21. The summed E-state index contributed by atoms with van der Waals surface area (Å²) in [5, 5.41) is 19.5. The Morgan fingerprint density at radius 2 is 1.60 bits per heavy atom. The van der Waals surface area contributed by atoms with Crippen molar-refractivity contribution in [1.82, 2.24) is 0 Å². The fourth-order valence-corrected chi connectivity index (χ4v) is 4.85. The van der Waals surface area contributed by atoms with Crippen LogP contribution in [0.3, 0.4) is 0 Å². The van der Waals surface area contributed by atoms with Crippen LogP contribution in [0.2, 0.25) is 0 Å². The van der Waals surface area contributed by atoms with Gasteiger partial charge in [-0.2, -0.15) is 10.5 Å². The van der Waals surface area contributed by atoms with Crippen LogP contribution in [0.4, 0.5) is 0 Å². The number of ketones is 1. The predicted octanol–water partition coefficient (Wildman–Crippen LogP) is 3.14. The van der Waals surface area contributed by atoms with Gasteiger partial charge < -0.3 is 9.47 Å². The molecule has 0 N–H and O–H groups in total. The van der Waals surface area contributed by atoms with Gasteiger partial charge in [0, 0.05) is 23.8 Å². The highest BCUT2D eigenvalue weighted by Gasteiger charge is 2.81. The van der Waals surface area contributed by atoms with E-state index in [1.165, 1.54) is 0 Å². The summed E-state index contributed by atoms with van der Waals surface area (Å²) < 4.78 is 11.5. The highest BCUT2D eigenvalue weighted by Crippen LogP contribution is 2.76. The topological polar surface area (TPSA) is 83.1 Å². The van der Waals surface area contributed by atoms with E-state index in [9.17, 15) is 15.3 Å². The number of hydrogen-bond donors (Lipinski definition) is 0. The van der Waals surface area contributed by atoms with Crippen LogP contribution in [0.25, 0.3) is 0 Å². The van der Waals surface area contributed by atoms with E-state index in [1.807, 2.05) is 19.1 Å². The number of Topliss-reactive ketones (excluding diaryl/α,β-unsaturated/α-hetero) is 1. The molecule has 1 aliphatic heterocycles. The molecular formula is C20H20N2O3. The van der Waals surface area contributed by atoms with Crippen molar-refractivity contribution in [1.29, 1.82) is 10.5 Å². The third-order valence-corrected chi connectivity index (χ3v) is 6.36. The van der Waals surface area contributed by atoms with Crippen molar-refractivity contribution < 1.29 is 14.3 Å². The summed E-state index contributed by atoms with van der Waals surface area (Å²) in [6.07, 6.45) is 2.48. The Labute approximate surface area is 147 Å². The first-order valence-corrected chi connectivity index (χ1v) is 8.74. The second-order valence-electron chi connectivity index (χ2n) is 7.46. The first-order valence-electron chi connectivity index (χ1n) is 8.74. The monoisotopic (exact) mass is 336 g/mol. The lowest BCUT2D eigenvalue weighted by atomic mass is 9.77. The number of hydrogen-bond acceptors (Lipinski definition) is 5. The summed E-state index contributed by atoms with van der Waals surface area (Å²) in [6.45, 7) is 3.13. The van der Waals surface area contributed by atoms with Gasteiger partial charge in [0.25, 0.3) is 0 Å². The van der Waals surface area contributed by atoms with Gasteiger partial charge in [0.15, 0.2) is 17.0 Å². The molecule has 128 valence electrons. The number of aryl methyl sites for hydroxylation is 1. The second-order valence-corrected chi connectivity index (χ2v) is 7.46. The average molecular weight is 336 g/mol. The van der Waals surface area contributed by atoms with Gasteiger partial charge in [-0.1, -0.05) is 29.8 Å². The van der Waals surface area contributed by atoms with Crippen LogP contribution < -0.4 is 0 Å². The van der Waals surface area contributed by atoms with Crippen LogP contribution in [0, 0.1) is 46.3 Å². The number of nitrogens with zero attached hydrogens (tertiary/aromatic N) is 2. The summed E-state index contributed by atoms with van der Waals surface area (Å²) >= 11 is 0. The number of carbonyl (C=O) groups excluding carboxylic acids is 1. The Morgan fingerprint density at radius 3 is 2.12 bits per heavy atom. The highest BCUT2D eigenvalue weighted by atomic mass is 16.7. The van der Waals surface area contributed by atoms with Crippen LogP contribution in [0.1, 0.15) is 41.6 Å². The van der Waals surface area contributed by atoms with E-state index < -0.39 is 22.5 Å². The van der Waals surface area contributed by atoms with E-state index in [2.05, 4.69) is 12.1 Å². The summed E-state index contributed by atoms with van der Waals surface area (Å²) in [5.74, 6) is -1.22. The SMILES string of the molecule is Cc1ccc(C(=O)[C@H]2C(C#N)(C#N)C23CCC2(CC3)OCCO2)cc1. The number of ether oxygens (including phenoxy) is 2. The van der Waals surface area contributed by atoms with E-state index in [4.69, 9.17) is 9.47 Å². The zero-order valence-electron chi connectivity index (χ0n) is 14.2. The van der Waals surface area contributed by atoms with Crippen LogP contribution in [0.15, 0.2) is 24.3 Å². The molecule has 1 aromatic rings. The lowest BCUT2D eigenvalue weighted by Gasteiger charge is -2.36. The Kier molecular flexibility index (Phi) is 3.51. The average Bonchev–Trinajstić information content (AvgIpc) is 2.92. The molecule has 2 aliphatic carbocycles. The Bertz CT molecular complexity index is 770. The van der Waals surface area contributed by atoms with E-state index in [-0.39, 0.29) is 5.78 Å². The number of carbonyl (C=O) groups is 1. The third kappa shape index (κ3) is 2.10. The van der Waals surface area contributed by atoms with Crippen LogP contribution in [0.5, 0.6) is 0 Å². The quantitative estimate of drug-likeness (QED) is 0.775. The van der Waals surface area contributed by atoms with Gasteiger partial charge in [0.2, 0.25) is 0 Å². The van der Waals surface area contributed by atoms with Crippen molar-refractivity contribution in [2.45, 2.75) is 38.4 Å². The molecule has 0 bridgehead atoms. The smallest absolute Gasteiger partial charge is 0.169 e. The van der Waals surface area contributed by atoms with Crippen molar-refractivity contribution in [3.05, 3.63) is 35.4 Å². The molecule has 1 aromatic carbocycles. The minimum absolute atomic E-state index is 0.0905. The molecular weight excluding hydrogens is 316 g/mol. The molecule has 1 heterocycles. The molecule has 1 atom stereocenters. The molecule has 25 heavy (non-hydrogen) atoms. The maximum absolute atomic E-state index is 13.1. The highest BCUT2D eigenvalue weighted by molar-refractivity contribution is 6.02.